The van der Waals surface area contributed by atoms with Gasteiger partial charge in [-0.15, -0.1) is 0 Å². The van der Waals surface area contributed by atoms with E-state index in [-0.39, 0.29) is 17.9 Å². The van der Waals surface area contributed by atoms with E-state index in [0.717, 1.165) is 54.6 Å². The van der Waals surface area contributed by atoms with E-state index < -0.39 is 0 Å². The highest BCUT2D eigenvalue weighted by atomic mass is 16.5. The summed E-state index contributed by atoms with van der Waals surface area (Å²) in [5.41, 5.74) is 0.916. The highest BCUT2D eigenvalue weighted by Gasteiger charge is 2.51. The number of likely N-dealkylation sites (tertiary alicyclic amines) is 1. The molecule has 134 valence electrons. The predicted molar refractivity (Wildman–Crippen MR) is 94.1 cm³/mol. The average Bonchev–Trinajstić information content (AvgIpc) is 3.25. The van der Waals surface area contributed by atoms with Gasteiger partial charge in [-0.1, -0.05) is 13.0 Å². The van der Waals surface area contributed by atoms with Crippen LogP contribution in [0.15, 0.2) is 34.7 Å². The minimum atomic E-state index is -0.248. The van der Waals surface area contributed by atoms with Gasteiger partial charge in [0.15, 0.2) is 0 Å². The van der Waals surface area contributed by atoms with Crippen LogP contribution in [0, 0.1) is 5.41 Å². The van der Waals surface area contributed by atoms with E-state index in [2.05, 4.69) is 24.0 Å². The highest BCUT2D eigenvalue weighted by molar-refractivity contribution is 5.46. The standard InChI is InChI=1S/C20H25NO4/c1-3-14-4-5-16(25-14)9-21-10-18-17-7-6-15(23-2)8-19(17)24-13-20(18,11-21)12-22/h4-8,18,22H,3,9-13H2,1-2H3/t18-,20-/m1/s1. The van der Waals surface area contributed by atoms with Gasteiger partial charge in [0.1, 0.15) is 23.0 Å². The summed E-state index contributed by atoms with van der Waals surface area (Å²) in [6.07, 6.45) is 0.909. The minimum absolute atomic E-state index is 0.123. The first-order chi connectivity index (χ1) is 12.2. The van der Waals surface area contributed by atoms with Gasteiger partial charge in [0.2, 0.25) is 0 Å². The van der Waals surface area contributed by atoms with Gasteiger partial charge < -0.3 is 19.0 Å². The fraction of sp³-hybridized carbons (Fsp3) is 0.500. The van der Waals surface area contributed by atoms with Crippen LogP contribution >= 0.6 is 0 Å². The summed E-state index contributed by atoms with van der Waals surface area (Å²) in [4.78, 5) is 2.36. The van der Waals surface area contributed by atoms with Crippen molar-refractivity contribution in [3.8, 4) is 11.5 Å². The Balaban J connectivity index is 1.58. The van der Waals surface area contributed by atoms with Crippen LogP contribution in [0.2, 0.25) is 0 Å². The first-order valence-corrected chi connectivity index (χ1v) is 8.89. The Morgan fingerprint density at radius 1 is 1.28 bits per heavy atom. The Bertz CT molecular complexity index is 756. The summed E-state index contributed by atoms with van der Waals surface area (Å²) < 4.78 is 17.2. The number of nitrogens with zero attached hydrogens (tertiary/aromatic N) is 1. The highest BCUT2D eigenvalue weighted by Crippen LogP contribution is 2.50. The van der Waals surface area contributed by atoms with E-state index in [4.69, 9.17) is 13.9 Å². The van der Waals surface area contributed by atoms with Gasteiger partial charge in [-0.3, -0.25) is 4.90 Å². The quantitative estimate of drug-likeness (QED) is 0.905. The molecule has 1 aromatic carbocycles. The second-order valence-electron chi connectivity index (χ2n) is 7.16. The number of aryl methyl sites for hydroxylation is 1. The molecule has 2 aromatic rings. The number of benzene rings is 1. The molecule has 2 atom stereocenters. The fourth-order valence-corrected chi connectivity index (χ4v) is 4.17. The Morgan fingerprint density at radius 2 is 2.12 bits per heavy atom. The molecule has 0 amide bonds. The van der Waals surface area contributed by atoms with E-state index in [1.165, 1.54) is 0 Å². The molecule has 2 aliphatic heterocycles. The fourth-order valence-electron chi connectivity index (χ4n) is 4.17. The molecule has 1 fully saturated rings. The molecule has 25 heavy (non-hydrogen) atoms. The first kappa shape index (κ1) is 16.5. The van der Waals surface area contributed by atoms with Gasteiger partial charge in [-0.05, 0) is 23.8 Å². The van der Waals surface area contributed by atoms with Crippen LogP contribution in [-0.2, 0) is 13.0 Å². The molecule has 0 saturated carbocycles. The summed E-state index contributed by atoms with van der Waals surface area (Å²) in [6.45, 7) is 5.22. The second-order valence-corrected chi connectivity index (χ2v) is 7.16. The molecule has 0 bridgehead atoms. The van der Waals surface area contributed by atoms with Crippen LogP contribution in [0.4, 0.5) is 0 Å². The van der Waals surface area contributed by atoms with E-state index in [9.17, 15) is 5.11 Å². The van der Waals surface area contributed by atoms with Crippen LogP contribution in [0.1, 0.15) is 29.9 Å². The molecule has 1 saturated heterocycles. The van der Waals surface area contributed by atoms with Gasteiger partial charge in [0.25, 0.3) is 0 Å². The van der Waals surface area contributed by atoms with Crippen molar-refractivity contribution in [3.63, 3.8) is 0 Å². The molecule has 0 aliphatic carbocycles. The van der Waals surface area contributed by atoms with Gasteiger partial charge in [-0.25, -0.2) is 0 Å². The van der Waals surface area contributed by atoms with E-state index >= 15 is 0 Å². The summed E-state index contributed by atoms with van der Waals surface area (Å²) in [5.74, 6) is 3.94. The van der Waals surface area contributed by atoms with E-state index in [1.807, 2.05) is 18.2 Å². The normalized spacial score (nSPS) is 25.3. The number of ether oxygens (including phenoxy) is 2. The Hall–Kier alpha value is -1.98. The van der Waals surface area contributed by atoms with Crippen molar-refractivity contribution in [1.29, 1.82) is 0 Å². The monoisotopic (exact) mass is 343 g/mol. The molecule has 0 unspecified atom stereocenters. The van der Waals surface area contributed by atoms with Gasteiger partial charge in [0.05, 0.1) is 26.9 Å². The van der Waals surface area contributed by atoms with Crippen molar-refractivity contribution < 1.29 is 19.0 Å². The van der Waals surface area contributed by atoms with Crippen LogP contribution in [0.3, 0.4) is 0 Å². The smallest absolute Gasteiger partial charge is 0.126 e. The molecule has 1 N–H and O–H groups in total. The van der Waals surface area contributed by atoms with Gasteiger partial charge in [0, 0.05) is 36.9 Å². The van der Waals surface area contributed by atoms with Crippen LogP contribution in [0.25, 0.3) is 0 Å². The molecule has 2 aliphatic rings. The molecule has 1 aromatic heterocycles. The molecule has 3 heterocycles. The molecule has 5 nitrogen and oxygen atoms in total. The second kappa shape index (κ2) is 6.39. The third-order valence-corrected chi connectivity index (χ3v) is 5.59. The zero-order valence-corrected chi connectivity index (χ0v) is 14.8. The number of hydrogen-bond acceptors (Lipinski definition) is 5. The van der Waals surface area contributed by atoms with Crippen LogP contribution in [0.5, 0.6) is 11.5 Å². The summed E-state index contributed by atoms with van der Waals surface area (Å²) in [5, 5.41) is 10.1. The van der Waals surface area contributed by atoms with Crippen molar-refractivity contribution in [2.45, 2.75) is 25.8 Å². The maximum Gasteiger partial charge on any atom is 0.126 e. The van der Waals surface area contributed by atoms with Crippen molar-refractivity contribution in [2.75, 3.05) is 33.4 Å². The molecular formula is C20H25NO4. The number of aliphatic hydroxyl groups is 1. The van der Waals surface area contributed by atoms with E-state index in [0.29, 0.717) is 6.61 Å². The SMILES string of the molecule is CCc1ccc(CN2C[C@@H]3c4ccc(OC)cc4OC[C@]3(CO)C2)o1. The van der Waals surface area contributed by atoms with Crippen LogP contribution < -0.4 is 9.47 Å². The number of furan rings is 1. The number of hydrogen-bond donors (Lipinski definition) is 1. The van der Waals surface area contributed by atoms with Crippen molar-refractivity contribution in [3.05, 3.63) is 47.4 Å². The third kappa shape index (κ3) is 2.81. The lowest BCUT2D eigenvalue weighted by Crippen LogP contribution is -2.42. The van der Waals surface area contributed by atoms with Crippen molar-refractivity contribution in [2.24, 2.45) is 5.41 Å². The topological polar surface area (TPSA) is 55.1 Å². The first-order valence-electron chi connectivity index (χ1n) is 8.89. The maximum atomic E-state index is 10.1. The number of aliphatic hydroxyl groups excluding tert-OH is 1. The van der Waals surface area contributed by atoms with Gasteiger partial charge in [-0.2, -0.15) is 0 Å². The molecule has 4 rings (SSSR count). The number of fused-ring (bicyclic) bond motifs is 3. The zero-order valence-electron chi connectivity index (χ0n) is 14.8. The third-order valence-electron chi connectivity index (χ3n) is 5.59. The molecule has 5 heteroatoms. The zero-order chi connectivity index (χ0) is 17.4. The maximum absolute atomic E-state index is 10.1. The largest absolute Gasteiger partial charge is 0.497 e. The molecule has 0 radical (unpaired) electrons. The summed E-state index contributed by atoms with van der Waals surface area (Å²) in [6, 6.07) is 10.1. The van der Waals surface area contributed by atoms with Gasteiger partial charge >= 0.3 is 0 Å². The lowest BCUT2D eigenvalue weighted by molar-refractivity contribution is 0.0452. The lowest BCUT2D eigenvalue weighted by Gasteiger charge is -2.38. The lowest BCUT2D eigenvalue weighted by atomic mass is 9.74. The summed E-state index contributed by atoms with van der Waals surface area (Å²) >= 11 is 0. The molecule has 0 spiro atoms. The molecular weight excluding hydrogens is 318 g/mol. The van der Waals surface area contributed by atoms with E-state index in [1.54, 1.807) is 7.11 Å². The van der Waals surface area contributed by atoms with Crippen molar-refractivity contribution in [1.82, 2.24) is 4.90 Å². The van der Waals surface area contributed by atoms with Crippen molar-refractivity contribution >= 4 is 0 Å². The predicted octanol–water partition coefficient (Wildman–Crippen LogP) is 2.82. The van der Waals surface area contributed by atoms with Crippen LogP contribution in [-0.4, -0.2) is 43.4 Å². The Kier molecular flexibility index (Phi) is 4.21. The average molecular weight is 343 g/mol. The Morgan fingerprint density at radius 3 is 2.84 bits per heavy atom. The minimum Gasteiger partial charge on any atom is -0.497 e. The Labute approximate surface area is 148 Å². The number of methoxy groups -OCH3 is 1. The number of rotatable bonds is 5. The summed E-state index contributed by atoms with van der Waals surface area (Å²) in [7, 11) is 1.66.